The van der Waals surface area contributed by atoms with Gasteiger partial charge in [0, 0.05) is 12.7 Å². The van der Waals surface area contributed by atoms with Crippen LogP contribution < -0.4 is 10.1 Å². The highest BCUT2D eigenvalue weighted by atomic mass is 16.6. The van der Waals surface area contributed by atoms with Gasteiger partial charge in [0.1, 0.15) is 19.0 Å². The summed E-state index contributed by atoms with van der Waals surface area (Å²) in [4.78, 5) is 0. The fourth-order valence-corrected chi connectivity index (χ4v) is 2.42. The molecule has 5 nitrogen and oxygen atoms in total. The van der Waals surface area contributed by atoms with Crippen molar-refractivity contribution in [1.82, 2.24) is 0 Å². The maximum Gasteiger partial charge on any atom is 0.119 e. The van der Waals surface area contributed by atoms with Crippen LogP contribution in [0.15, 0.2) is 48.5 Å². The van der Waals surface area contributed by atoms with E-state index in [0.717, 1.165) is 22.6 Å². The van der Waals surface area contributed by atoms with Crippen molar-refractivity contribution in [2.75, 3.05) is 58.6 Å². The summed E-state index contributed by atoms with van der Waals surface area (Å²) in [7, 11) is 1.91. The lowest BCUT2D eigenvalue weighted by Crippen LogP contribution is -2.12. The van der Waals surface area contributed by atoms with E-state index in [4.69, 9.17) is 25.4 Å². The predicted molar refractivity (Wildman–Crippen MR) is 118 cm³/mol. The molecule has 0 unspecified atom stereocenters. The predicted octanol–water partition coefficient (Wildman–Crippen LogP) is 3.96. The lowest BCUT2D eigenvalue weighted by Gasteiger charge is -2.08. The van der Waals surface area contributed by atoms with Crippen molar-refractivity contribution >= 4 is 17.8 Å². The molecule has 0 aliphatic heterocycles. The number of benzene rings is 2. The topological polar surface area (TPSA) is 49.0 Å². The van der Waals surface area contributed by atoms with Crippen LogP contribution in [0.4, 0.5) is 5.69 Å². The van der Waals surface area contributed by atoms with Gasteiger partial charge in [-0.25, -0.2) is 0 Å². The number of hydrogen-bond donors (Lipinski definition) is 1. The van der Waals surface area contributed by atoms with Crippen LogP contribution in [0.25, 0.3) is 12.2 Å². The van der Waals surface area contributed by atoms with Gasteiger partial charge in [-0.2, -0.15) is 0 Å². The van der Waals surface area contributed by atoms with Gasteiger partial charge in [0.15, 0.2) is 0 Å². The van der Waals surface area contributed by atoms with Gasteiger partial charge in [-0.05, 0) is 35.4 Å². The van der Waals surface area contributed by atoms with Crippen molar-refractivity contribution in [3.63, 3.8) is 0 Å². The van der Waals surface area contributed by atoms with Crippen LogP contribution in [-0.4, -0.2) is 53.3 Å². The molecule has 0 aliphatic carbocycles. The molecule has 0 aromatic heterocycles. The fraction of sp³-hybridized carbons (Fsp3) is 0.333. The van der Waals surface area contributed by atoms with Crippen LogP contribution in [0.5, 0.6) is 5.75 Å². The second-order valence-electron chi connectivity index (χ2n) is 6.10. The number of nitrogens with one attached hydrogen (secondary N) is 1. The SMILES string of the molecule is C#CCOCCOCCOCCOc1ccc(/C=C/c2ccc(NC)cc2)cc1. The third-order valence-corrected chi connectivity index (χ3v) is 3.97. The van der Waals surface area contributed by atoms with Gasteiger partial charge in [0.2, 0.25) is 0 Å². The van der Waals surface area contributed by atoms with Gasteiger partial charge >= 0.3 is 0 Å². The summed E-state index contributed by atoms with van der Waals surface area (Å²) in [6.45, 7) is 3.40. The molecule has 0 amide bonds. The molecule has 0 saturated heterocycles. The molecule has 2 aromatic rings. The van der Waals surface area contributed by atoms with E-state index < -0.39 is 0 Å². The smallest absolute Gasteiger partial charge is 0.119 e. The summed E-state index contributed by atoms with van der Waals surface area (Å²) < 4.78 is 21.6. The molecule has 29 heavy (non-hydrogen) atoms. The summed E-state index contributed by atoms with van der Waals surface area (Å²) in [5.41, 5.74) is 3.38. The molecule has 2 aromatic carbocycles. The highest BCUT2D eigenvalue weighted by Gasteiger charge is 1.96. The van der Waals surface area contributed by atoms with E-state index in [1.807, 2.05) is 31.3 Å². The summed E-state index contributed by atoms with van der Waals surface area (Å²) in [6.07, 6.45) is 9.25. The van der Waals surface area contributed by atoms with Crippen molar-refractivity contribution in [2.24, 2.45) is 0 Å². The van der Waals surface area contributed by atoms with Gasteiger partial charge < -0.3 is 24.3 Å². The number of terminal acetylenes is 1. The molecule has 0 saturated carbocycles. The molecule has 0 aliphatic rings. The Morgan fingerprint density at radius 3 is 1.83 bits per heavy atom. The van der Waals surface area contributed by atoms with Crippen LogP contribution >= 0.6 is 0 Å². The van der Waals surface area contributed by atoms with E-state index in [9.17, 15) is 0 Å². The Hall–Kier alpha value is -2.78. The standard InChI is InChI=1S/C24H29NO4/c1-3-14-26-15-16-27-17-18-28-19-20-29-24-12-8-22(9-13-24)5-4-21-6-10-23(25-2)11-7-21/h1,4-13,25H,14-20H2,2H3/b5-4+. The summed E-state index contributed by atoms with van der Waals surface area (Å²) in [5, 5.41) is 3.11. The first-order valence-electron chi connectivity index (χ1n) is 9.67. The average Bonchev–Trinajstić information content (AvgIpc) is 2.77. The molecular weight excluding hydrogens is 366 g/mol. The Bertz CT molecular complexity index is 748. The molecule has 2 rings (SSSR count). The monoisotopic (exact) mass is 395 g/mol. The van der Waals surface area contributed by atoms with E-state index in [2.05, 4.69) is 47.7 Å². The van der Waals surface area contributed by atoms with Crippen LogP contribution in [0.1, 0.15) is 11.1 Å². The van der Waals surface area contributed by atoms with Gasteiger partial charge in [-0.1, -0.05) is 42.3 Å². The largest absolute Gasteiger partial charge is 0.491 e. The first-order chi connectivity index (χ1) is 14.3. The number of rotatable bonds is 14. The van der Waals surface area contributed by atoms with E-state index in [-0.39, 0.29) is 0 Å². The normalized spacial score (nSPS) is 10.8. The van der Waals surface area contributed by atoms with Gasteiger partial charge in [-0.3, -0.25) is 0 Å². The lowest BCUT2D eigenvalue weighted by molar-refractivity contribution is 0.0142. The summed E-state index contributed by atoms with van der Waals surface area (Å²) in [5.74, 6) is 3.23. The Labute approximate surface area is 173 Å². The van der Waals surface area contributed by atoms with E-state index >= 15 is 0 Å². The van der Waals surface area contributed by atoms with Crippen molar-refractivity contribution in [3.05, 3.63) is 59.7 Å². The molecule has 0 bridgehead atoms. The summed E-state index contributed by atoms with van der Waals surface area (Å²) >= 11 is 0. The third-order valence-electron chi connectivity index (χ3n) is 3.97. The molecule has 5 heteroatoms. The second-order valence-corrected chi connectivity index (χ2v) is 6.10. The number of anilines is 1. The van der Waals surface area contributed by atoms with Crippen molar-refractivity contribution in [3.8, 4) is 18.1 Å². The Morgan fingerprint density at radius 2 is 1.28 bits per heavy atom. The average molecular weight is 395 g/mol. The minimum atomic E-state index is 0.319. The zero-order chi connectivity index (χ0) is 20.6. The van der Waals surface area contributed by atoms with Gasteiger partial charge in [0.05, 0.1) is 33.0 Å². The third kappa shape index (κ3) is 9.82. The molecule has 0 radical (unpaired) electrons. The molecule has 0 heterocycles. The molecule has 0 fully saturated rings. The number of hydrogen-bond acceptors (Lipinski definition) is 5. The van der Waals surface area contributed by atoms with Crippen LogP contribution in [0.3, 0.4) is 0 Å². The van der Waals surface area contributed by atoms with Crippen molar-refractivity contribution in [1.29, 1.82) is 0 Å². The Morgan fingerprint density at radius 1 is 0.759 bits per heavy atom. The highest BCUT2D eigenvalue weighted by Crippen LogP contribution is 2.15. The minimum Gasteiger partial charge on any atom is -0.491 e. The quantitative estimate of drug-likeness (QED) is 0.298. The molecule has 154 valence electrons. The first-order valence-corrected chi connectivity index (χ1v) is 9.67. The summed E-state index contributed by atoms with van der Waals surface area (Å²) in [6, 6.07) is 16.3. The van der Waals surface area contributed by atoms with Gasteiger partial charge in [0.25, 0.3) is 0 Å². The maximum atomic E-state index is 5.69. The van der Waals surface area contributed by atoms with E-state index in [0.29, 0.717) is 46.2 Å². The van der Waals surface area contributed by atoms with E-state index in [1.54, 1.807) is 0 Å². The molecular formula is C24H29NO4. The van der Waals surface area contributed by atoms with Crippen LogP contribution in [-0.2, 0) is 14.2 Å². The lowest BCUT2D eigenvalue weighted by atomic mass is 10.1. The zero-order valence-electron chi connectivity index (χ0n) is 16.9. The van der Waals surface area contributed by atoms with Crippen molar-refractivity contribution < 1.29 is 18.9 Å². The highest BCUT2D eigenvalue weighted by molar-refractivity contribution is 5.70. The van der Waals surface area contributed by atoms with E-state index in [1.165, 1.54) is 0 Å². The number of ether oxygens (including phenoxy) is 4. The molecule has 0 atom stereocenters. The molecule has 1 N–H and O–H groups in total. The van der Waals surface area contributed by atoms with Gasteiger partial charge in [-0.15, -0.1) is 6.42 Å². The Balaban J connectivity index is 1.57. The first kappa shape index (κ1) is 22.5. The van der Waals surface area contributed by atoms with Crippen LogP contribution in [0.2, 0.25) is 0 Å². The maximum absolute atomic E-state index is 5.69. The minimum absolute atomic E-state index is 0.319. The Kier molecular flexibility index (Phi) is 11.1. The van der Waals surface area contributed by atoms with Crippen LogP contribution in [0, 0.1) is 12.3 Å². The molecule has 0 spiro atoms. The van der Waals surface area contributed by atoms with Crippen molar-refractivity contribution in [2.45, 2.75) is 0 Å². The fourth-order valence-electron chi connectivity index (χ4n) is 2.42. The zero-order valence-corrected chi connectivity index (χ0v) is 16.9. The second kappa shape index (κ2) is 14.3.